The lowest BCUT2D eigenvalue weighted by Crippen LogP contribution is -2.38. The van der Waals surface area contributed by atoms with E-state index in [4.69, 9.17) is 15.9 Å². The number of hydrogen-bond donors (Lipinski definition) is 3. The molecule has 1 unspecified atom stereocenters. The van der Waals surface area contributed by atoms with E-state index < -0.39 is 21.2 Å². The number of fused-ring (bicyclic) bond motifs is 2. The molecule has 0 aliphatic heterocycles. The molecule has 0 bridgehead atoms. The summed E-state index contributed by atoms with van der Waals surface area (Å²) in [6.07, 6.45) is 3.30. The van der Waals surface area contributed by atoms with Crippen molar-refractivity contribution in [3.63, 3.8) is 0 Å². The van der Waals surface area contributed by atoms with Crippen LogP contribution in [0.2, 0.25) is 0 Å². The summed E-state index contributed by atoms with van der Waals surface area (Å²) < 4.78 is 34.8. The molecule has 0 saturated carbocycles. The number of nitrogens with zero attached hydrogens (tertiary/aromatic N) is 2. The van der Waals surface area contributed by atoms with Crippen LogP contribution in [0.15, 0.2) is 83.9 Å². The maximum absolute atomic E-state index is 13.8. The normalized spacial score (nSPS) is 12.1. The second-order valence-electron chi connectivity index (χ2n) is 10.2. The van der Waals surface area contributed by atoms with Crippen LogP contribution >= 0.6 is 24.0 Å². The summed E-state index contributed by atoms with van der Waals surface area (Å²) >= 11 is 0. The van der Waals surface area contributed by atoms with Crippen LogP contribution in [0.5, 0.6) is 0 Å². The minimum absolute atomic E-state index is 0. The standard InChI is InChI=1S/C32H33N5O4S.HI/c1-20-21(2)37(18-6-7-22-11-13-24(14-12-22)30(33)34)27-16-15-25(19-26(20)27)36-31(32(38)41-3)42(39,40)28-10-4-8-23-9-5-17-35-29(23)28;/h4-5,8-17,19,31,36H,6-7,18H2,1-3H3,(H3,33,34);1H. The predicted octanol–water partition coefficient (Wildman–Crippen LogP) is 5.73. The minimum atomic E-state index is -4.22. The number of rotatable bonds is 10. The first-order chi connectivity index (χ1) is 20.1. The molecule has 9 nitrogen and oxygen atoms in total. The molecule has 5 rings (SSSR count). The topological polar surface area (TPSA) is 140 Å². The van der Waals surface area contributed by atoms with Gasteiger partial charge in [-0.3, -0.25) is 10.4 Å². The fourth-order valence-corrected chi connectivity index (χ4v) is 6.88. The number of aryl methyl sites for hydroxylation is 3. The third kappa shape index (κ3) is 6.37. The van der Waals surface area contributed by atoms with Crippen LogP contribution in [0.25, 0.3) is 21.8 Å². The van der Waals surface area contributed by atoms with Crippen molar-refractivity contribution in [3.05, 3.63) is 101 Å². The largest absolute Gasteiger partial charge is 0.467 e. The Kier molecular flexibility index (Phi) is 9.75. The molecular formula is C32H34IN5O4S. The highest BCUT2D eigenvalue weighted by Gasteiger charge is 2.36. The summed E-state index contributed by atoms with van der Waals surface area (Å²) in [7, 11) is -3.05. The zero-order valence-electron chi connectivity index (χ0n) is 24.1. The van der Waals surface area contributed by atoms with Crippen molar-refractivity contribution in [2.24, 2.45) is 5.73 Å². The third-order valence-electron chi connectivity index (χ3n) is 7.68. The number of nitrogen functional groups attached to an aromatic ring is 1. The number of carbonyl (C=O) groups excluding carboxylic acids is 1. The summed E-state index contributed by atoms with van der Waals surface area (Å²) in [5.41, 5.74) is 11.4. The van der Waals surface area contributed by atoms with Crippen LogP contribution in [-0.4, -0.2) is 42.3 Å². The molecule has 4 N–H and O–H groups in total. The number of amidine groups is 1. The van der Waals surface area contributed by atoms with E-state index in [1.807, 2.05) is 43.3 Å². The number of para-hydroxylation sites is 1. The number of benzene rings is 3. The van der Waals surface area contributed by atoms with E-state index in [2.05, 4.69) is 21.8 Å². The summed E-state index contributed by atoms with van der Waals surface area (Å²) in [5.74, 6) is -0.855. The zero-order valence-corrected chi connectivity index (χ0v) is 27.3. The van der Waals surface area contributed by atoms with Crippen LogP contribution in [0, 0.1) is 19.3 Å². The van der Waals surface area contributed by atoms with E-state index in [9.17, 15) is 13.2 Å². The van der Waals surface area contributed by atoms with E-state index in [0.29, 0.717) is 22.2 Å². The van der Waals surface area contributed by atoms with E-state index in [1.165, 1.54) is 24.9 Å². The molecule has 0 amide bonds. The van der Waals surface area contributed by atoms with Gasteiger partial charge in [-0.25, -0.2) is 13.2 Å². The number of sulfone groups is 1. The van der Waals surface area contributed by atoms with Crippen LogP contribution in [-0.2, 0) is 32.3 Å². The zero-order chi connectivity index (χ0) is 30.0. The van der Waals surface area contributed by atoms with Crippen LogP contribution in [0.4, 0.5) is 5.69 Å². The van der Waals surface area contributed by atoms with Crippen molar-refractivity contribution < 1.29 is 17.9 Å². The number of carbonyl (C=O) groups is 1. The van der Waals surface area contributed by atoms with Crippen molar-refractivity contribution in [2.75, 3.05) is 12.4 Å². The smallest absolute Gasteiger partial charge is 0.344 e. The molecule has 224 valence electrons. The van der Waals surface area contributed by atoms with Crippen LogP contribution < -0.4 is 11.1 Å². The number of nitrogens with one attached hydrogen (secondary N) is 2. The molecule has 11 heteroatoms. The molecule has 0 spiro atoms. The van der Waals surface area contributed by atoms with Crippen LogP contribution in [0.1, 0.15) is 28.8 Å². The van der Waals surface area contributed by atoms with Gasteiger partial charge < -0.3 is 20.4 Å². The predicted molar refractivity (Wildman–Crippen MR) is 181 cm³/mol. The van der Waals surface area contributed by atoms with Gasteiger partial charge in [0.15, 0.2) is 0 Å². The Labute approximate surface area is 267 Å². The Bertz CT molecular complexity index is 1920. The van der Waals surface area contributed by atoms with E-state index in [1.54, 1.807) is 30.3 Å². The fraction of sp³-hybridized carbons (Fsp3) is 0.219. The van der Waals surface area contributed by atoms with Gasteiger partial charge in [0.1, 0.15) is 5.84 Å². The highest BCUT2D eigenvalue weighted by molar-refractivity contribution is 14.0. The van der Waals surface area contributed by atoms with Gasteiger partial charge in [-0.2, -0.15) is 0 Å². The summed E-state index contributed by atoms with van der Waals surface area (Å²) in [4.78, 5) is 17.1. The lowest BCUT2D eigenvalue weighted by atomic mass is 10.1. The van der Waals surface area contributed by atoms with E-state index >= 15 is 0 Å². The molecule has 5 aromatic rings. The van der Waals surface area contributed by atoms with Crippen molar-refractivity contribution in [2.45, 2.75) is 43.5 Å². The molecule has 1 atom stereocenters. The Hall–Kier alpha value is -3.97. The minimum Gasteiger partial charge on any atom is -0.467 e. The average Bonchev–Trinajstić information content (AvgIpc) is 3.23. The summed E-state index contributed by atoms with van der Waals surface area (Å²) in [5, 5.41) is 10.5. The number of esters is 1. The van der Waals surface area contributed by atoms with Gasteiger partial charge in [0.2, 0.25) is 15.2 Å². The van der Waals surface area contributed by atoms with Gasteiger partial charge >= 0.3 is 5.97 Å². The molecular weight excluding hydrogens is 677 g/mol. The quantitative estimate of drug-likeness (QED) is 0.0728. The highest BCUT2D eigenvalue weighted by atomic mass is 127. The van der Waals surface area contributed by atoms with E-state index in [-0.39, 0.29) is 34.7 Å². The number of pyridine rings is 1. The first kappa shape index (κ1) is 32.0. The van der Waals surface area contributed by atoms with Crippen molar-refractivity contribution in [1.29, 1.82) is 5.41 Å². The van der Waals surface area contributed by atoms with Crippen molar-refractivity contribution in [1.82, 2.24) is 9.55 Å². The highest BCUT2D eigenvalue weighted by Crippen LogP contribution is 2.31. The Balaban J connectivity index is 0.00000423. The first-order valence-electron chi connectivity index (χ1n) is 13.6. The molecule has 0 aliphatic rings. The summed E-state index contributed by atoms with van der Waals surface area (Å²) in [6.45, 7) is 4.90. The number of ether oxygens (including phenoxy) is 1. The van der Waals surface area contributed by atoms with Gasteiger partial charge in [-0.05, 0) is 68.1 Å². The second-order valence-corrected chi connectivity index (χ2v) is 12.2. The molecule has 2 aromatic heterocycles. The monoisotopic (exact) mass is 711 g/mol. The number of hydrogen-bond acceptors (Lipinski definition) is 7. The Morgan fingerprint density at radius 1 is 1.07 bits per heavy atom. The molecule has 2 heterocycles. The van der Waals surface area contributed by atoms with Crippen LogP contribution in [0.3, 0.4) is 0 Å². The first-order valence-corrected chi connectivity index (χ1v) is 15.1. The molecule has 3 aromatic carbocycles. The van der Waals surface area contributed by atoms with E-state index in [0.717, 1.165) is 41.5 Å². The van der Waals surface area contributed by atoms with Crippen molar-refractivity contribution >= 4 is 73.1 Å². The van der Waals surface area contributed by atoms with Gasteiger partial charge in [0.25, 0.3) is 0 Å². The van der Waals surface area contributed by atoms with Gasteiger partial charge in [0.05, 0.1) is 17.5 Å². The van der Waals surface area contributed by atoms with Gasteiger partial charge in [-0.1, -0.05) is 42.5 Å². The molecule has 0 fully saturated rings. The number of methoxy groups -OCH3 is 1. The number of anilines is 1. The Morgan fingerprint density at radius 3 is 2.49 bits per heavy atom. The number of nitrogens with two attached hydrogens (primary N) is 1. The van der Waals surface area contributed by atoms with Crippen molar-refractivity contribution in [3.8, 4) is 0 Å². The lowest BCUT2D eigenvalue weighted by molar-refractivity contribution is -0.139. The Morgan fingerprint density at radius 2 is 1.79 bits per heavy atom. The van der Waals surface area contributed by atoms with Gasteiger partial charge in [0, 0.05) is 46.0 Å². The van der Waals surface area contributed by atoms with Gasteiger partial charge in [-0.15, -0.1) is 24.0 Å². The summed E-state index contributed by atoms with van der Waals surface area (Å²) in [6, 6.07) is 21.7. The molecule has 0 saturated heterocycles. The number of halogens is 1. The number of aromatic nitrogens is 2. The average molecular weight is 712 g/mol. The molecule has 0 aliphatic carbocycles. The third-order valence-corrected chi connectivity index (χ3v) is 9.55. The molecule has 43 heavy (non-hydrogen) atoms. The molecule has 0 radical (unpaired) electrons. The SMILES string of the molecule is COC(=O)C(Nc1ccc2c(c1)c(C)c(C)n2CCCc1ccc(C(=N)N)cc1)S(=O)(=O)c1cccc2cccnc12.I. The fourth-order valence-electron chi connectivity index (χ4n) is 5.27. The maximum atomic E-state index is 13.8. The second kappa shape index (κ2) is 13.1. The lowest BCUT2D eigenvalue weighted by Gasteiger charge is -2.19. The maximum Gasteiger partial charge on any atom is 0.344 e.